The second-order valence-corrected chi connectivity index (χ2v) is 5.59. The van der Waals surface area contributed by atoms with Crippen molar-refractivity contribution < 1.29 is 0 Å². The quantitative estimate of drug-likeness (QED) is 0.629. The van der Waals surface area contributed by atoms with Gasteiger partial charge < -0.3 is 5.32 Å². The Kier molecular flexibility index (Phi) is 7.14. The molecule has 0 aromatic rings. The summed E-state index contributed by atoms with van der Waals surface area (Å²) in [4.78, 5) is 2.74. The van der Waals surface area contributed by atoms with Crippen molar-refractivity contribution in [3.63, 3.8) is 0 Å². The van der Waals surface area contributed by atoms with Crippen molar-refractivity contribution in [2.75, 3.05) is 13.1 Å². The monoisotopic (exact) mass is 240 g/mol. The maximum Gasteiger partial charge on any atom is 0.0195 e. The van der Waals surface area contributed by atoms with Crippen molar-refractivity contribution in [3.8, 4) is 0 Å². The number of nitrogens with one attached hydrogen (secondary N) is 1. The molecule has 0 radical (unpaired) electrons. The normalized spacial score (nSPS) is 18.0. The van der Waals surface area contributed by atoms with Crippen LogP contribution >= 0.6 is 0 Å². The Morgan fingerprint density at radius 3 is 2.29 bits per heavy atom. The van der Waals surface area contributed by atoms with Crippen LogP contribution in [0.5, 0.6) is 0 Å². The molecule has 1 N–H and O–H groups in total. The first-order chi connectivity index (χ1) is 8.22. The average molecular weight is 240 g/mol. The molecular weight excluding hydrogens is 208 g/mol. The molecule has 102 valence electrons. The van der Waals surface area contributed by atoms with Crippen molar-refractivity contribution in [2.24, 2.45) is 0 Å². The highest BCUT2D eigenvalue weighted by molar-refractivity contribution is 4.88. The van der Waals surface area contributed by atoms with Gasteiger partial charge in [0.15, 0.2) is 0 Å². The molecule has 17 heavy (non-hydrogen) atoms. The molecular formula is C15H32N2. The van der Waals surface area contributed by atoms with Crippen LogP contribution in [-0.4, -0.2) is 36.1 Å². The van der Waals surface area contributed by atoms with E-state index < -0.39 is 0 Å². The molecule has 0 saturated heterocycles. The Labute approximate surface area is 108 Å². The summed E-state index contributed by atoms with van der Waals surface area (Å²) in [5.74, 6) is 0. The third kappa shape index (κ3) is 5.39. The van der Waals surface area contributed by atoms with Crippen LogP contribution in [0.15, 0.2) is 0 Å². The third-order valence-corrected chi connectivity index (χ3v) is 4.04. The van der Waals surface area contributed by atoms with Gasteiger partial charge >= 0.3 is 0 Å². The van der Waals surface area contributed by atoms with Crippen LogP contribution in [0.25, 0.3) is 0 Å². The highest BCUT2D eigenvalue weighted by atomic mass is 15.2. The van der Waals surface area contributed by atoms with Crippen molar-refractivity contribution in [2.45, 2.75) is 84.3 Å². The minimum absolute atomic E-state index is 0.703. The van der Waals surface area contributed by atoms with Crippen LogP contribution in [0, 0.1) is 0 Å². The van der Waals surface area contributed by atoms with Crippen LogP contribution in [-0.2, 0) is 0 Å². The maximum absolute atomic E-state index is 3.72. The fourth-order valence-electron chi connectivity index (χ4n) is 2.54. The SMILES string of the molecule is CCCCN(C(C)CNC(CC)CC)C1CC1. The summed E-state index contributed by atoms with van der Waals surface area (Å²) >= 11 is 0. The molecule has 1 atom stereocenters. The minimum atomic E-state index is 0.703. The van der Waals surface area contributed by atoms with Gasteiger partial charge in [0.2, 0.25) is 0 Å². The van der Waals surface area contributed by atoms with Gasteiger partial charge in [-0.3, -0.25) is 4.90 Å². The Morgan fingerprint density at radius 1 is 1.18 bits per heavy atom. The fourth-order valence-corrected chi connectivity index (χ4v) is 2.54. The highest BCUT2D eigenvalue weighted by Gasteiger charge is 2.31. The van der Waals surface area contributed by atoms with E-state index in [0.29, 0.717) is 12.1 Å². The maximum atomic E-state index is 3.72. The molecule has 1 fully saturated rings. The van der Waals surface area contributed by atoms with Crippen molar-refractivity contribution in [3.05, 3.63) is 0 Å². The first-order valence-corrected chi connectivity index (χ1v) is 7.71. The molecule has 1 unspecified atom stereocenters. The highest BCUT2D eigenvalue weighted by Crippen LogP contribution is 2.28. The van der Waals surface area contributed by atoms with Gasteiger partial charge in [-0.15, -0.1) is 0 Å². The van der Waals surface area contributed by atoms with Crippen LogP contribution < -0.4 is 5.32 Å². The summed E-state index contributed by atoms with van der Waals surface area (Å²) in [7, 11) is 0. The minimum Gasteiger partial charge on any atom is -0.312 e. The largest absolute Gasteiger partial charge is 0.312 e. The van der Waals surface area contributed by atoms with E-state index in [9.17, 15) is 0 Å². The van der Waals surface area contributed by atoms with E-state index in [1.165, 1.54) is 45.1 Å². The summed E-state index contributed by atoms with van der Waals surface area (Å²) in [5, 5.41) is 3.72. The molecule has 0 spiro atoms. The molecule has 2 heteroatoms. The first kappa shape index (κ1) is 15.0. The molecule has 1 saturated carbocycles. The Hall–Kier alpha value is -0.0800. The topological polar surface area (TPSA) is 15.3 Å². The van der Waals surface area contributed by atoms with Crippen molar-refractivity contribution >= 4 is 0 Å². The number of nitrogens with zero attached hydrogens (tertiary/aromatic N) is 1. The molecule has 1 rings (SSSR count). The predicted molar refractivity (Wildman–Crippen MR) is 76.5 cm³/mol. The van der Waals surface area contributed by atoms with Crippen LogP contribution in [0.1, 0.15) is 66.2 Å². The van der Waals surface area contributed by atoms with Gasteiger partial charge in [-0.25, -0.2) is 0 Å². The van der Waals surface area contributed by atoms with Crippen LogP contribution in [0.3, 0.4) is 0 Å². The van der Waals surface area contributed by atoms with Crippen LogP contribution in [0.2, 0.25) is 0 Å². The fraction of sp³-hybridized carbons (Fsp3) is 1.00. The van der Waals surface area contributed by atoms with Crippen LogP contribution in [0.4, 0.5) is 0 Å². The van der Waals surface area contributed by atoms with Gasteiger partial charge in [0.05, 0.1) is 0 Å². The summed E-state index contributed by atoms with van der Waals surface area (Å²) in [6.07, 6.45) is 8.03. The summed E-state index contributed by atoms with van der Waals surface area (Å²) < 4.78 is 0. The molecule has 1 aliphatic carbocycles. The Bertz CT molecular complexity index is 185. The molecule has 0 bridgehead atoms. The zero-order valence-corrected chi connectivity index (χ0v) is 12.3. The van der Waals surface area contributed by atoms with Gasteiger partial charge in [0.1, 0.15) is 0 Å². The van der Waals surface area contributed by atoms with Gasteiger partial charge in [-0.05, 0) is 45.6 Å². The zero-order chi connectivity index (χ0) is 12.7. The Balaban J connectivity index is 2.28. The van der Waals surface area contributed by atoms with E-state index in [4.69, 9.17) is 0 Å². The average Bonchev–Trinajstić information content (AvgIpc) is 3.15. The van der Waals surface area contributed by atoms with Gasteiger partial charge in [-0.1, -0.05) is 27.2 Å². The second-order valence-electron chi connectivity index (χ2n) is 5.59. The number of unbranched alkanes of at least 4 members (excludes halogenated alkanes) is 1. The smallest absolute Gasteiger partial charge is 0.0195 e. The van der Waals surface area contributed by atoms with Gasteiger partial charge in [0, 0.05) is 24.7 Å². The standard InChI is InChI=1S/C15H32N2/c1-5-8-11-17(15-9-10-15)13(4)12-16-14(6-2)7-3/h13-16H,5-12H2,1-4H3. The van der Waals surface area contributed by atoms with Gasteiger partial charge in [-0.2, -0.15) is 0 Å². The van der Waals surface area contributed by atoms with E-state index in [1.807, 2.05) is 0 Å². The lowest BCUT2D eigenvalue weighted by atomic mass is 10.1. The molecule has 1 aliphatic rings. The second kappa shape index (κ2) is 8.10. The molecule has 0 amide bonds. The van der Waals surface area contributed by atoms with E-state index in [1.54, 1.807) is 0 Å². The number of rotatable bonds is 10. The third-order valence-electron chi connectivity index (χ3n) is 4.04. The van der Waals surface area contributed by atoms with Gasteiger partial charge in [0.25, 0.3) is 0 Å². The van der Waals surface area contributed by atoms with E-state index in [0.717, 1.165) is 12.6 Å². The number of hydrogen-bond donors (Lipinski definition) is 1. The van der Waals surface area contributed by atoms with Crippen molar-refractivity contribution in [1.29, 1.82) is 0 Å². The zero-order valence-electron chi connectivity index (χ0n) is 12.3. The molecule has 0 aromatic heterocycles. The molecule has 0 heterocycles. The van der Waals surface area contributed by atoms with E-state index in [2.05, 4.69) is 37.9 Å². The summed E-state index contributed by atoms with van der Waals surface area (Å²) in [5.41, 5.74) is 0. The molecule has 2 nitrogen and oxygen atoms in total. The lowest BCUT2D eigenvalue weighted by molar-refractivity contribution is 0.187. The summed E-state index contributed by atoms with van der Waals surface area (Å²) in [6, 6.07) is 2.32. The molecule has 0 aromatic carbocycles. The lowest BCUT2D eigenvalue weighted by Crippen LogP contribution is -2.44. The summed E-state index contributed by atoms with van der Waals surface area (Å²) in [6.45, 7) is 11.7. The molecule has 0 aliphatic heterocycles. The number of hydrogen-bond acceptors (Lipinski definition) is 2. The van der Waals surface area contributed by atoms with E-state index in [-0.39, 0.29) is 0 Å². The van der Waals surface area contributed by atoms with E-state index >= 15 is 0 Å². The van der Waals surface area contributed by atoms with Crippen molar-refractivity contribution in [1.82, 2.24) is 10.2 Å². The lowest BCUT2D eigenvalue weighted by Gasteiger charge is -2.30. The Morgan fingerprint density at radius 2 is 1.82 bits per heavy atom. The first-order valence-electron chi connectivity index (χ1n) is 7.71. The predicted octanol–water partition coefficient (Wildman–Crippen LogP) is 3.42.